The lowest BCUT2D eigenvalue weighted by Gasteiger charge is -2.41. The molecular weight excluding hydrogens is 252 g/mol. The summed E-state index contributed by atoms with van der Waals surface area (Å²) in [6.07, 6.45) is 0. The minimum atomic E-state index is -0.809. The fourth-order valence-electron chi connectivity index (χ4n) is 2.20. The van der Waals surface area contributed by atoms with Crippen molar-refractivity contribution in [1.29, 1.82) is 0 Å². The normalized spacial score (nSPS) is 19.4. The summed E-state index contributed by atoms with van der Waals surface area (Å²) in [4.78, 5) is 14.0. The van der Waals surface area contributed by atoms with Gasteiger partial charge in [0.15, 0.2) is 5.78 Å². The van der Waals surface area contributed by atoms with Crippen LogP contribution in [0, 0.1) is 11.6 Å². The van der Waals surface area contributed by atoms with Gasteiger partial charge in [0, 0.05) is 12.1 Å². The molecule has 0 bridgehead atoms. The molecule has 0 N–H and O–H groups in total. The van der Waals surface area contributed by atoms with Gasteiger partial charge in [0.05, 0.1) is 25.3 Å². The maximum Gasteiger partial charge on any atom is 0.182 e. The first-order valence-electron chi connectivity index (χ1n) is 6.22. The maximum atomic E-state index is 13.5. The lowest BCUT2D eigenvalue weighted by atomic mass is 10.0. The fourth-order valence-corrected chi connectivity index (χ4v) is 2.20. The van der Waals surface area contributed by atoms with Gasteiger partial charge in [0.1, 0.15) is 11.6 Å². The van der Waals surface area contributed by atoms with Crippen LogP contribution >= 0.6 is 0 Å². The van der Waals surface area contributed by atoms with Crippen LogP contribution in [0.25, 0.3) is 0 Å². The van der Waals surface area contributed by atoms with Gasteiger partial charge in [-0.05, 0) is 26.0 Å². The highest BCUT2D eigenvalue weighted by molar-refractivity contribution is 5.98. The molecule has 0 saturated carbocycles. The van der Waals surface area contributed by atoms with Gasteiger partial charge in [-0.1, -0.05) is 6.07 Å². The number of morpholine rings is 1. The van der Waals surface area contributed by atoms with Crippen LogP contribution in [0.1, 0.15) is 24.2 Å². The summed E-state index contributed by atoms with van der Waals surface area (Å²) in [5.41, 5.74) is -0.764. The molecule has 0 spiro atoms. The van der Waals surface area contributed by atoms with Gasteiger partial charge in [0.25, 0.3) is 0 Å². The molecule has 0 aliphatic carbocycles. The Labute approximate surface area is 111 Å². The minimum Gasteiger partial charge on any atom is -0.378 e. The Morgan fingerprint density at radius 2 is 2.00 bits per heavy atom. The third-order valence-electron chi connectivity index (χ3n) is 3.39. The number of halogens is 2. The first-order chi connectivity index (χ1) is 8.92. The van der Waals surface area contributed by atoms with Gasteiger partial charge >= 0.3 is 0 Å². The average Bonchev–Trinajstić information content (AvgIpc) is 2.31. The van der Waals surface area contributed by atoms with E-state index >= 15 is 0 Å². The third-order valence-corrected chi connectivity index (χ3v) is 3.39. The Bertz CT molecular complexity index is 468. The molecule has 1 heterocycles. The van der Waals surface area contributed by atoms with Gasteiger partial charge in [-0.2, -0.15) is 0 Å². The zero-order valence-corrected chi connectivity index (χ0v) is 11.1. The molecule has 1 aliphatic rings. The largest absolute Gasteiger partial charge is 0.378 e. The highest BCUT2D eigenvalue weighted by Gasteiger charge is 2.32. The minimum absolute atomic E-state index is 0.00574. The number of rotatable bonds is 3. The van der Waals surface area contributed by atoms with E-state index in [2.05, 4.69) is 0 Å². The van der Waals surface area contributed by atoms with E-state index in [1.165, 1.54) is 6.07 Å². The van der Waals surface area contributed by atoms with Crippen LogP contribution in [0.3, 0.4) is 0 Å². The number of benzene rings is 1. The molecule has 2 rings (SSSR count). The van der Waals surface area contributed by atoms with E-state index in [9.17, 15) is 13.6 Å². The number of nitrogens with zero attached hydrogens (tertiary/aromatic N) is 1. The molecule has 3 nitrogen and oxygen atoms in total. The summed E-state index contributed by atoms with van der Waals surface area (Å²) >= 11 is 0. The molecule has 19 heavy (non-hydrogen) atoms. The standard InChI is InChI=1S/C14H17F2NO2/c1-14(2)9-19-7-6-17(14)8-12(18)13-10(15)4-3-5-11(13)16/h3-5H,6-9H2,1-2H3. The summed E-state index contributed by atoms with van der Waals surface area (Å²) in [6, 6.07) is 3.45. The van der Waals surface area contributed by atoms with Crippen molar-refractivity contribution in [1.82, 2.24) is 4.90 Å². The molecule has 0 radical (unpaired) electrons. The third kappa shape index (κ3) is 2.98. The molecule has 0 aromatic heterocycles. The molecule has 1 aromatic carbocycles. The number of carbonyl (C=O) groups excluding carboxylic acids is 1. The van der Waals surface area contributed by atoms with Crippen molar-refractivity contribution in [2.75, 3.05) is 26.3 Å². The lowest BCUT2D eigenvalue weighted by molar-refractivity contribution is -0.0468. The van der Waals surface area contributed by atoms with Crippen LogP contribution in [-0.4, -0.2) is 42.5 Å². The average molecular weight is 269 g/mol. The Kier molecular flexibility index (Phi) is 3.96. The molecule has 0 amide bonds. The van der Waals surface area contributed by atoms with Crippen molar-refractivity contribution in [2.45, 2.75) is 19.4 Å². The van der Waals surface area contributed by atoms with Crippen molar-refractivity contribution >= 4 is 5.78 Å². The Hall–Kier alpha value is -1.33. The zero-order chi connectivity index (χ0) is 14.0. The van der Waals surface area contributed by atoms with E-state index < -0.39 is 23.0 Å². The summed E-state index contributed by atoms with van der Waals surface area (Å²) in [6.45, 7) is 5.48. The van der Waals surface area contributed by atoms with Crippen molar-refractivity contribution < 1.29 is 18.3 Å². The van der Waals surface area contributed by atoms with Gasteiger partial charge in [0.2, 0.25) is 0 Å². The molecule has 104 valence electrons. The highest BCUT2D eigenvalue weighted by atomic mass is 19.1. The molecule has 0 unspecified atom stereocenters. The van der Waals surface area contributed by atoms with Crippen molar-refractivity contribution in [3.63, 3.8) is 0 Å². The van der Waals surface area contributed by atoms with Crippen LogP contribution in [0.5, 0.6) is 0 Å². The van der Waals surface area contributed by atoms with Crippen LogP contribution in [0.2, 0.25) is 0 Å². The highest BCUT2D eigenvalue weighted by Crippen LogP contribution is 2.20. The Morgan fingerprint density at radius 1 is 1.37 bits per heavy atom. The number of ketones is 1. The smallest absolute Gasteiger partial charge is 0.182 e. The summed E-state index contributed by atoms with van der Waals surface area (Å²) < 4.78 is 32.4. The number of hydrogen-bond acceptors (Lipinski definition) is 3. The SMILES string of the molecule is CC1(C)COCCN1CC(=O)c1c(F)cccc1F. The van der Waals surface area contributed by atoms with Crippen LogP contribution in [0.4, 0.5) is 8.78 Å². The zero-order valence-electron chi connectivity index (χ0n) is 11.1. The van der Waals surface area contributed by atoms with E-state index in [0.29, 0.717) is 19.8 Å². The summed E-state index contributed by atoms with van der Waals surface area (Å²) in [5.74, 6) is -2.15. The number of carbonyl (C=O) groups is 1. The van der Waals surface area contributed by atoms with Gasteiger partial charge in [-0.15, -0.1) is 0 Å². The fraction of sp³-hybridized carbons (Fsp3) is 0.500. The molecule has 1 fully saturated rings. The number of Topliss-reactive ketones (excluding diaryl/α,β-unsaturated/α-hetero) is 1. The number of ether oxygens (including phenoxy) is 1. The van der Waals surface area contributed by atoms with Crippen LogP contribution < -0.4 is 0 Å². The second-order valence-electron chi connectivity index (χ2n) is 5.31. The van der Waals surface area contributed by atoms with E-state index in [0.717, 1.165) is 12.1 Å². The second-order valence-corrected chi connectivity index (χ2v) is 5.31. The van der Waals surface area contributed by atoms with Gasteiger partial charge in [-0.25, -0.2) is 8.78 Å². The Balaban J connectivity index is 2.17. The van der Waals surface area contributed by atoms with Crippen molar-refractivity contribution in [3.8, 4) is 0 Å². The predicted molar refractivity (Wildman–Crippen MR) is 67.2 cm³/mol. The molecule has 1 aromatic rings. The first kappa shape index (κ1) is 14.1. The van der Waals surface area contributed by atoms with Gasteiger partial charge in [-0.3, -0.25) is 9.69 Å². The molecule has 5 heteroatoms. The van der Waals surface area contributed by atoms with Gasteiger partial charge < -0.3 is 4.74 Å². The first-order valence-corrected chi connectivity index (χ1v) is 6.22. The topological polar surface area (TPSA) is 29.5 Å². The van der Waals surface area contributed by atoms with E-state index in [-0.39, 0.29) is 12.1 Å². The lowest BCUT2D eigenvalue weighted by Crippen LogP contribution is -2.54. The molecular formula is C14H17F2NO2. The van der Waals surface area contributed by atoms with Crippen LogP contribution in [0.15, 0.2) is 18.2 Å². The van der Waals surface area contributed by atoms with Crippen molar-refractivity contribution in [3.05, 3.63) is 35.4 Å². The summed E-state index contributed by atoms with van der Waals surface area (Å²) in [5, 5.41) is 0. The second kappa shape index (κ2) is 5.35. The van der Waals surface area contributed by atoms with Crippen LogP contribution in [-0.2, 0) is 4.74 Å². The van der Waals surface area contributed by atoms with E-state index in [4.69, 9.17) is 4.74 Å². The predicted octanol–water partition coefficient (Wildman–Crippen LogP) is 2.26. The molecule has 1 saturated heterocycles. The van der Waals surface area contributed by atoms with E-state index in [1.807, 2.05) is 18.7 Å². The van der Waals surface area contributed by atoms with Crippen molar-refractivity contribution in [2.24, 2.45) is 0 Å². The molecule has 1 aliphatic heterocycles. The number of hydrogen-bond donors (Lipinski definition) is 0. The molecule has 0 atom stereocenters. The maximum absolute atomic E-state index is 13.5. The van der Waals surface area contributed by atoms with E-state index in [1.54, 1.807) is 0 Å². The monoisotopic (exact) mass is 269 g/mol. The summed E-state index contributed by atoms with van der Waals surface area (Å²) in [7, 11) is 0. The Morgan fingerprint density at radius 3 is 2.58 bits per heavy atom. The quantitative estimate of drug-likeness (QED) is 0.788.